The lowest BCUT2D eigenvalue weighted by Crippen LogP contribution is -2.45. The van der Waals surface area contributed by atoms with Gasteiger partial charge in [0.05, 0.1) is 12.1 Å². The zero-order valence-electron chi connectivity index (χ0n) is 14.0. The van der Waals surface area contributed by atoms with Gasteiger partial charge in [0.2, 0.25) is 0 Å². The summed E-state index contributed by atoms with van der Waals surface area (Å²) in [6.45, 7) is 2.25. The van der Waals surface area contributed by atoms with Crippen molar-refractivity contribution in [2.45, 2.75) is 31.9 Å². The summed E-state index contributed by atoms with van der Waals surface area (Å²) in [5, 5.41) is 13.8. The Balaban J connectivity index is 1.89. The number of aliphatic hydroxyl groups excluding tert-OH is 1. The van der Waals surface area contributed by atoms with Gasteiger partial charge in [0, 0.05) is 13.3 Å². The molecule has 0 spiro atoms. The molecule has 24 heavy (non-hydrogen) atoms. The van der Waals surface area contributed by atoms with Crippen LogP contribution in [0.3, 0.4) is 0 Å². The number of aliphatic hydroxyl groups is 1. The van der Waals surface area contributed by atoms with E-state index in [9.17, 15) is 9.90 Å². The smallest absolute Gasteiger partial charge is 0.302 e. The van der Waals surface area contributed by atoms with Crippen molar-refractivity contribution in [3.05, 3.63) is 71.8 Å². The van der Waals surface area contributed by atoms with Crippen molar-refractivity contribution in [1.82, 2.24) is 5.32 Å². The first-order valence-electron chi connectivity index (χ1n) is 8.28. The first-order valence-corrected chi connectivity index (χ1v) is 8.28. The van der Waals surface area contributed by atoms with E-state index in [-0.39, 0.29) is 18.6 Å². The number of carbonyl (C=O) groups excluding carboxylic acids is 1. The largest absolute Gasteiger partial charge is 0.464 e. The van der Waals surface area contributed by atoms with E-state index >= 15 is 0 Å². The van der Waals surface area contributed by atoms with Crippen LogP contribution in [0, 0.1) is 0 Å². The molecule has 0 unspecified atom stereocenters. The maximum Gasteiger partial charge on any atom is 0.302 e. The number of hydrogen-bond donors (Lipinski definition) is 2. The third-order valence-electron chi connectivity index (χ3n) is 3.88. The average molecular weight is 327 g/mol. The number of carbonyl (C=O) groups is 1. The van der Waals surface area contributed by atoms with Gasteiger partial charge in [0.1, 0.15) is 6.61 Å². The topological polar surface area (TPSA) is 58.6 Å². The molecule has 2 aromatic carbocycles. The summed E-state index contributed by atoms with van der Waals surface area (Å²) in [5.41, 5.74) is 2.29. The van der Waals surface area contributed by atoms with Crippen LogP contribution in [0.4, 0.5) is 0 Å². The third kappa shape index (κ3) is 6.52. The summed E-state index contributed by atoms with van der Waals surface area (Å²) < 4.78 is 5.10. The molecule has 2 atom stereocenters. The Kier molecular flexibility index (Phi) is 7.46. The van der Waals surface area contributed by atoms with Gasteiger partial charge in [-0.1, -0.05) is 60.7 Å². The Morgan fingerprint density at radius 1 is 1.04 bits per heavy atom. The van der Waals surface area contributed by atoms with E-state index in [0.29, 0.717) is 13.0 Å². The SMILES string of the molecule is CC(=O)OC[C@@H](NCCc1ccccc1)[C@@H](O)Cc1ccccc1. The molecule has 0 fully saturated rings. The number of ether oxygens (including phenoxy) is 1. The molecule has 4 nitrogen and oxygen atoms in total. The average Bonchev–Trinajstić information content (AvgIpc) is 2.59. The number of nitrogens with one attached hydrogen (secondary N) is 1. The summed E-state index contributed by atoms with van der Waals surface area (Å²) in [4.78, 5) is 11.1. The molecule has 0 saturated heterocycles. The van der Waals surface area contributed by atoms with Gasteiger partial charge < -0.3 is 15.2 Å². The van der Waals surface area contributed by atoms with Crippen molar-refractivity contribution in [2.24, 2.45) is 0 Å². The highest BCUT2D eigenvalue weighted by atomic mass is 16.5. The van der Waals surface area contributed by atoms with E-state index in [1.807, 2.05) is 48.5 Å². The van der Waals surface area contributed by atoms with Crippen LogP contribution in [0.1, 0.15) is 18.1 Å². The second-order valence-electron chi connectivity index (χ2n) is 5.86. The summed E-state index contributed by atoms with van der Waals surface area (Å²) in [6, 6.07) is 19.7. The van der Waals surface area contributed by atoms with Crippen molar-refractivity contribution in [3.8, 4) is 0 Å². The molecular formula is C20H25NO3. The molecule has 0 bridgehead atoms. The van der Waals surface area contributed by atoms with Crippen LogP contribution in [-0.2, 0) is 22.4 Å². The van der Waals surface area contributed by atoms with Crippen LogP contribution in [-0.4, -0.2) is 36.4 Å². The van der Waals surface area contributed by atoms with Gasteiger partial charge in [-0.05, 0) is 24.1 Å². The molecule has 0 aliphatic heterocycles. The van der Waals surface area contributed by atoms with Gasteiger partial charge in [0.15, 0.2) is 0 Å². The quantitative estimate of drug-likeness (QED) is 0.694. The van der Waals surface area contributed by atoms with Crippen LogP contribution in [0.15, 0.2) is 60.7 Å². The van der Waals surface area contributed by atoms with E-state index in [2.05, 4.69) is 17.4 Å². The minimum Gasteiger partial charge on any atom is -0.464 e. The molecule has 0 saturated carbocycles. The van der Waals surface area contributed by atoms with Gasteiger partial charge in [-0.3, -0.25) is 4.79 Å². The van der Waals surface area contributed by atoms with Crippen LogP contribution in [0.2, 0.25) is 0 Å². The lowest BCUT2D eigenvalue weighted by Gasteiger charge is -2.24. The van der Waals surface area contributed by atoms with Crippen molar-refractivity contribution >= 4 is 5.97 Å². The molecule has 0 amide bonds. The summed E-state index contributed by atoms with van der Waals surface area (Å²) >= 11 is 0. The summed E-state index contributed by atoms with van der Waals surface area (Å²) in [7, 11) is 0. The van der Waals surface area contributed by atoms with E-state index in [0.717, 1.165) is 12.0 Å². The Morgan fingerprint density at radius 3 is 2.21 bits per heavy atom. The normalized spacial score (nSPS) is 13.2. The van der Waals surface area contributed by atoms with E-state index in [4.69, 9.17) is 4.74 Å². The van der Waals surface area contributed by atoms with Crippen molar-refractivity contribution in [1.29, 1.82) is 0 Å². The first kappa shape index (κ1) is 18.2. The van der Waals surface area contributed by atoms with Gasteiger partial charge in [-0.15, -0.1) is 0 Å². The fraction of sp³-hybridized carbons (Fsp3) is 0.350. The van der Waals surface area contributed by atoms with Crippen LogP contribution >= 0.6 is 0 Å². The highest BCUT2D eigenvalue weighted by Crippen LogP contribution is 2.07. The molecule has 2 N–H and O–H groups in total. The Morgan fingerprint density at radius 2 is 1.62 bits per heavy atom. The number of benzene rings is 2. The molecular weight excluding hydrogens is 302 g/mol. The second-order valence-corrected chi connectivity index (χ2v) is 5.86. The predicted molar refractivity (Wildman–Crippen MR) is 94.7 cm³/mol. The molecule has 2 aromatic rings. The molecule has 0 aliphatic rings. The van der Waals surface area contributed by atoms with E-state index in [1.165, 1.54) is 12.5 Å². The minimum absolute atomic E-state index is 0.165. The molecule has 2 rings (SSSR count). The van der Waals surface area contributed by atoms with Gasteiger partial charge >= 0.3 is 5.97 Å². The van der Waals surface area contributed by atoms with E-state index < -0.39 is 6.10 Å². The highest BCUT2D eigenvalue weighted by Gasteiger charge is 2.20. The Bertz CT molecular complexity index is 601. The second kappa shape index (κ2) is 9.85. The molecule has 0 heterocycles. The van der Waals surface area contributed by atoms with Crippen molar-refractivity contribution in [3.63, 3.8) is 0 Å². The monoisotopic (exact) mass is 327 g/mol. The zero-order valence-corrected chi connectivity index (χ0v) is 14.0. The Hall–Kier alpha value is -2.17. The lowest BCUT2D eigenvalue weighted by atomic mass is 10.0. The fourth-order valence-corrected chi connectivity index (χ4v) is 2.56. The van der Waals surface area contributed by atoms with Crippen molar-refractivity contribution in [2.75, 3.05) is 13.2 Å². The lowest BCUT2D eigenvalue weighted by molar-refractivity contribution is -0.142. The van der Waals surface area contributed by atoms with Crippen LogP contribution < -0.4 is 5.32 Å². The standard InChI is InChI=1S/C20H25NO3/c1-16(22)24-15-19(20(23)14-18-10-6-3-7-11-18)21-13-12-17-8-4-2-5-9-17/h2-11,19-21,23H,12-15H2,1H3/t19-,20+/m1/s1. The maximum absolute atomic E-state index is 11.1. The molecule has 0 aliphatic carbocycles. The van der Waals surface area contributed by atoms with Gasteiger partial charge in [-0.25, -0.2) is 0 Å². The van der Waals surface area contributed by atoms with Crippen LogP contribution in [0.5, 0.6) is 0 Å². The van der Waals surface area contributed by atoms with Gasteiger partial charge in [-0.2, -0.15) is 0 Å². The maximum atomic E-state index is 11.1. The zero-order chi connectivity index (χ0) is 17.2. The van der Waals surface area contributed by atoms with Crippen molar-refractivity contribution < 1.29 is 14.6 Å². The molecule has 0 radical (unpaired) electrons. The summed E-state index contributed by atoms with van der Waals surface area (Å²) in [5.74, 6) is -0.336. The number of rotatable bonds is 9. The molecule has 4 heteroatoms. The number of hydrogen-bond acceptors (Lipinski definition) is 4. The summed E-state index contributed by atoms with van der Waals surface area (Å²) in [6.07, 6.45) is 0.753. The number of esters is 1. The highest BCUT2D eigenvalue weighted by molar-refractivity contribution is 5.65. The third-order valence-corrected chi connectivity index (χ3v) is 3.88. The first-order chi connectivity index (χ1) is 11.6. The van der Waals surface area contributed by atoms with Crippen LogP contribution in [0.25, 0.3) is 0 Å². The van der Waals surface area contributed by atoms with Gasteiger partial charge in [0.25, 0.3) is 0 Å². The minimum atomic E-state index is -0.623. The fourth-order valence-electron chi connectivity index (χ4n) is 2.56. The Labute approximate surface area is 143 Å². The molecule has 0 aromatic heterocycles. The predicted octanol–water partition coefficient (Wildman–Crippen LogP) is 2.35. The molecule has 128 valence electrons. The van der Waals surface area contributed by atoms with E-state index in [1.54, 1.807) is 0 Å².